The van der Waals surface area contributed by atoms with E-state index in [1.807, 2.05) is 0 Å². The molecule has 0 aliphatic carbocycles. The van der Waals surface area contributed by atoms with Crippen LogP contribution in [0.3, 0.4) is 0 Å². The highest BCUT2D eigenvalue weighted by Gasteiger charge is 2.05. The Balaban J connectivity index is 3.86. The van der Waals surface area contributed by atoms with E-state index in [1.165, 1.54) is 0 Å². The lowest BCUT2D eigenvalue weighted by Crippen LogP contribution is -2.40. The molecule has 1 atom stereocenters. The molecule has 0 aliphatic heterocycles. The van der Waals surface area contributed by atoms with Gasteiger partial charge in [0.25, 0.3) is 0 Å². The first kappa shape index (κ1) is 11.2. The van der Waals surface area contributed by atoms with Gasteiger partial charge in [-0.3, -0.25) is 4.99 Å². The van der Waals surface area contributed by atoms with Gasteiger partial charge in [-0.05, 0) is 26.1 Å². The maximum atomic E-state index is 4.10. The van der Waals surface area contributed by atoms with E-state index in [-0.39, 0.29) is 6.04 Å². The second-order valence-electron chi connectivity index (χ2n) is 2.63. The van der Waals surface area contributed by atoms with Crippen LogP contribution in [0.25, 0.3) is 0 Å². The zero-order chi connectivity index (χ0) is 9.40. The van der Waals surface area contributed by atoms with Crippen LogP contribution in [0, 0.1) is 0 Å². The summed E-state index contributed by atoms with van der Waals surface area (Å²) in [6.45, 7) is 8.82. The van der Waals surface area contributed by atoms with Gasteiger partial charge in [0.15, 0.2) is 0 Å². The molecule has 70 valence electrons. The van der Waals surface area contributed by atoms with Crippen molar-refractivity contribution in [3.05, 3.63) is 12.8 Å². The number of nitrogens with one attached hydrogen (secondary N) is 2. The highest BCUT2D eigenvalue weighted by Crippen LogP contribution is 1.85. The van der Waals surface area contributed by atoms with E-state index in [2.05, 4.69) is 36.1 Å². The lowest BCUT2D eigenvalue weighted by molar-refractivity contribution is 0.636. The van der Waals surface area contributed by atoms with Crippen LogP contribution in [0.5, 0.6) is 0 Å². The summed E-state index contributed by atoms with van der Waals surface area (Å²) in [6, 6.07) is 0.271. The predicted octanol–water partition coefficient (Wildman–Crippen LogP) is 1.14. The molecule has 0 bridgehead atoms. The fraction of sp³-hybridized carbons (Fsp3) is 0.667. The normalized spacial score (nSPS) is 14.1. The number of rotatable bonds is 5. The molecule has 0 rings (SSSR count). The van der Waals surface area contributed by atoms with Gasteiger partial charge in [0.05, 0.1) is 6.04 Å². The summed E-state index contributed by atoms with van der Waals surface area (Å²) in [4.78, 5) is 4.10. The molecule has 0 aromatic heterocycles. The van der Waals surface area contributed by atoms with Gasteiger partial charge < -0.3 is 10.6 Å². The van der Waals surface area contributed by atoms with Crippen molar-refractivity contribution in [1.82, 2.24) is 10.6 Å². The molecule has 0 heterocycles. The van der Waals surface area contributed by atoms with Gasteiger partial charge >= 0.3 is 0 Å². The summed E-state index contributed by atoms with van der Waals surface area (Å²) < 4.78 is 0. The monoisotopic (exact) mass is 169 g/mol. The molecule has 0 fully saturated rings. The molecule has 0 saturated heterocycles. The number of amidine groups is 1. The molecule has 2 N–H and O–H groups in total. The molecular weight excluding hydrogens is 150 g/mol. The molecule has 3 nitrogen and oxygen atoms in total. The topological polar surface area (TPSA) is 36.4 Å². The lowest BCUT2D eigenvalue weighted by atomic mass is 10.3. The standard InChI is InChI=1S/C9H19N3/c1-5-7-12-8(3)9(10-4)11-6-2/h6,8,12H,2,5,7H2,1,3-4H3,(H,10,11). The van der Waals surface area contributed by atoms with Crippen LogP contribution in [0.1, 0.15) is 20.3 Å². The summed E-state index contributed by atoms with van der Waals surface area (Å²) >= 11 is 0. The summed E-state index contributed by atoms with van der Waals surface area (Å²) in [5, 5.41) is 6.32. The summed E-state index contributed by atoms with van der Waals surface area (Å²) in [5.74, 6) is 0.929. The van der Waals surface area contributed by atoms with E-state index in [1.54, 1.807) is 13.2 Å². The number of hydrogen-bond donors (Lipinski definition) is 2. The first-order chi connectivity index (χ1) is 5.76. The smallest absolute Gasteiger partial charge is 0.117 e. The maximum Gasteiger partial charge on any atom is 0.117 e. The maximum absolute atomic E-state index is 4.10. The largest absolute Gasteiger partial charge is 0.350 e. The van der Waals surface area contributed by atoms with E-state index in [0.717, 1.165) is 18.8 Å². The zero-order valence-corrected chi connectivity index (χ0v) is 8.22. The van der Waals surface area contributed by atoms with E-state index < -0.39 is 0 Å². The van der Waals surface area contributed by atoms with Gasteiger partial charge in [0.2, 0.25) is 0 Å². The predicted molar refractivity (Wildman–Crippen MR) is 54.4 cm³/mol. The van der Waals surface area contributed by atoms with Crippen molar-refractivity contribution in [2.45, 2.75) is 26.3 Å². The van der Waals surface area contributed by atoms with Crippen LogP contribution in [0.15, 0.2) is 17.8 Å². The molecule has 0 aromatic rings. The molecule has 0 spiro atoms. The van der Waals surface area contributed by atoms with Crippen LogP contribution in [-0.4, -0.2) is 25.5 Å². The highest BCUT2D eigenvalue weighted by molar-refractivity contribution is 5.87. The quantitative estimate of drug-likeness (QED) is 0.478. The first-order valence-electron chi connectivity index (χ1n) is 4.33. The summed E-state index contributed by atoms with van der Waals surface area (Å²) in [5.41, 5.74) is 0. The van der Waals surface area contributed by atoms with Crippen LogP contribution in [-0.2, 0) is 0 Å². The van der Waals surface area contributed by atoms with Gasteiger partial charge in [0.1, 0.15) is 5.84 Å². The van der Waals surface area contributed by atoms with Crippen LogP contribution >= 0.6 is 0 Å². The number of nitrogens with zero attached hydrogens (tertiary/aromatic N) is 1. The molecule has 0 amide bonds. The molecule has 0 saturated carbocycles. The lowest BCUT2D eigenvalue weighted by Gasteiger charge is -2.15. The Hall–Kier alpha value is -0.830. The summed E-state index contributed by atoms with van der Waals surface area (Å²) in [6.07, 6.45) is 2.78. The zero-order valence-electron chi connectivity index (χ0n) is 8.22. The SMILES string of the molecule is C=CNC(=NC)C(C)NCCC. The van der Waals surface area contributed by atoms with Crippen LogP contribution in [0.2, 0.25) is 0 Å². The minimum absolute atomic E-state index is 0.271. The number of aliphatic imine (C=N–C) groups is 1. The van der Waals surface area contributed by atoms with Crippen LogP contribution in [0.4, 0.5) is 0 Å². The third kappa shape index (κ3) is 4.13. The van der Waals surface area contributed by atoms with E-state index in [9.17, 15) is 0 Å². The van der Waals surface area contributed by atoms with E-state index >= 15 is 0 Å². The average molecular weight is 169 g/mol. The second kappa shape index (κ2) is 6.85. The fourth-order valence-corrected chi connectivity index (χ4v) is 0.945. The van der Waals surface area contributed by atoms with Crippen molar-refractivity contribution in [1.29, 1.82) is 0 Å². The van der Waals surface area contributed by atoms with Gasteiger partial charge in [-0.2, -0.15) is 0 Å². The third-order valence-electron chi connectivity index (χ3n) is 1.60. The van der Waals surface area contributed by atoms with E-state index in [0.29, 0.717) is 0 Å². The highest BCUT2D eigenvalue weighted by atomic mass is 15.0. The van der Waals surface area contributed by atoms with Crippen molar-refractivity contribution in [2.75, 3.05) is 13.6 Å². The Labute approximate surface area is 75.0 Å². The Kier molecular flexibility index (Phi) is 6.38. The van der Waals surface area contributed by atoms with Crippen molar-refractivity contribution in [3.8, 4) is 0 Å². The van der Waals surface area contributed by atoms with E-state index in [4.69, 9.17) is 0 Å². The Morgan fingerprint density at radius 1 is 1.67 bits per heavy atom. The molecule has 0 aliphatic rings. The molecule has 3 heteroatoms. The third-order valence-corrected chi connectivity index (χ3v) is 1.60. The first-order valence-corrected chi connectivity index (χ1v) is 4.33. The molecule has 0 radical (unpaired) electrons. The molecular formula is C9H19N3. The van der Waals surface area contributed by atoms with Crippen molar-refractivity contribution in [3.63, 3.8) is 0 Å². The van der Waals surface area contributed by atoms with Gasteiger partial charge in [-0.1, -0.05) is 13.5 Å². The molecule has 12 heavy (non-hydrogen) atoms. The minimum atomic E-state index is 0.271. The summed E-state index contributed by atoms with van der Waals surface area (Å²) in [7, 11) is 1.77. The van der Waals surface area contributed by atoms with Crippen LogP contribution < -0.4 is 10.6 Å². The Bertz CT molecular complexity index is 152. The second-order valence-corrected chi connectivity index (χ2v) is 2.63. The molecule has 1 unspecified atom stereocenters. The fourth-order valence-electron chi connectivity index (χ4n) is 0.945. The van der Waals surface area contributed by atoms with Gasteiger partial charge in [-0.25, -0.2) is 0 Å². The van der Waals surface area contributed by atoms with Crippen molar-refractivity contribution < 1.29 is 0 Å². The Morgan fingerprint density at radius 2 is 2.33 bits per heavy atom. The Morgan fingerprint density at radius 3 is 2.75 bits per heavy atom. The minimum Gasteiger partial charge on any atom is -0.350 e. The van der Waals surface area contributed by atoms with Gasteiger partial charge in [-0.15, -0.1) is 0 Å². The van der Waals surface area contributed by atoms with Crippen molar-refractivity contribution >= 4 is 5.84 Å². The average Bonchev–Trinajstić information content (AvgIpc) is 2.10. The molecule has 0 aromatic carbocycles. The van der Waals surface area contributed by atoms with Gasteiger partial charge in [0, 0.05) is 7.05 Å². The number of hydrogen-bond acceptors (Lipinski definition) is 2. The van der Waals surface area contributed by atoms with Crippen molar-refractivity contribution in [2.24, 2.45) is 4.99 Å².